The Bertz CT molecular complexity index is 676. The lowest BCUT2D eigenvalue weighted by Gasteiger charge is -2.10. The van der Waals surface area contributed by atoms with Crippen LogP contribution in [0.25, 0.3) is 11.6 Å². The van der Waals surface area contributed by atoms with Crippen molar-refractivity contribution < 1.29 is 19.1 Å². The molecule has 2 rings (SSSR count). The summed E-state index contributed by atoms with van der Waals surface area (Å²) in [5.74, 6) is 0.883. The molecular weight excluding hydrogens is 360 g/mol. The van der Waals surface area contributed by atoms with E-state index in [-0.39, 0.29) is 24.8 Å². The summed E-state index contributed by atoms with van der Waals surface area (Å²) in [5, 5.41) is 0. The molecule has 0 N–H and O–H groups in total. The highest BCUT2D eigenvalue weighted by Crippen LogP contribution is 2.17. The lowest BCUT2D eigenvalue weighted by molar-refractivity contribution is -0.144. The topological polar surface area (TPSA) is 88.2 Å². The molecular formula is C20H30N4O4. The van der Waals surface area contributed by atoms with Crippen molar-refractivity contribution in [3.63, 3.8) is 0 Å². The van der Waals surface area contributed by atoms with E-state index in [0.29, 0.717) is 38.0 Å². The van der Waals surface area contributed by atoms with Crippen LogP contribution in [0.4, 0.5) is 0 Å². The van der Waals surface area contributed by atoms with E-state index in [4.69, 9.17) is 9.47 Å². The number of ether oxygens (including phenoxy) is 2. The monoisotopic (exact) mass is 390 g/mol. The summed E-state index contributed by atoms with van der Waals surface area (Å²) in [7, 11) is 0. The molecule has 2 aromatic heterocycles. The van der Waals surface area contributed by atoms with E-state index < -0.39 is 0 Å². The van der Waals surface area contributed by atoms with Crippen LogP contribution in [0.2, 0.25) is 0 Å². The second-order valence-electron chi connectivity index (χ2n) is 6.54. The van der Waals surface area contributed by atoms with Gasteiger partial charge in [0.15, 0.2) is 11.6 Å². The Morgan fingerprint density at radius 1 is 0.821 bits per heavy atom. The Kier molecular flexibility index (Phi) is 9.24. The molecule has 0 aliphatic heterocycles. The van der Waals surface area contributed by atoms with Gasteiger partial charge in [-0.3, -0.25) is 9.59 Å². The van der Waals surface area contributed by atoms with E-state index >= 15 is 0 Å². The molecule has 2 aromatic rings. The summed E-state index contributed by atoms with van der Waals surface area (Å²) in [6, 6.07) is 0. The molecule has 0 aromatic carbocycles. The zero-order chi connectivity index (χ0) is 20.2. The molecule has 28 heavy (non-hydrogen) atoms. The van der Waals surface area contributed by atoms with Crippen molar-refractivity contribution in [2.24, 2.45) is 0 Å². The molecule has 0 radical (unpaired) electrons. The van der Waals surface area contributed by atoms with Gasteiger partial charge in [-0.05, 0) is 12.8 Å². The number of carbonyl (C=O) groups is 2. The van der Waals surface area contributed by atoms with Gasteiger partial charge in [-0.2, -0.15) is 0 Å². The molecule has 0 spiro atoms. The van der Waals surface area contributed by atoms with Gasteiger partial charge in [-0.1, -0.05) is 26.7 Å². The van der Waals surface area contributed by atoms with Gasteiger partial charge in [0.1, 0.15) is 0 Å². The number of esters is 2. The molecule has 154 valence electrons. The van der Waals surface area contributed by atoms with Crippen molar-refractivity contribution in [3.8, 4) is 11.6 Å². The van der Waals surface area contributed by atoms with Crippen molar-refractivity contribution in [2.75, 3.05) is 13.2 Å². The molecule has 8 heteroatoms. The predicted molar refractivity (Wildman–Crippen MR) is 104 cm³/mol. The zero-order valence-electron chi connectivity index (χ0n) is 16.8. The third-order valence-corrected chi connectivity index (χ3v) is 4.27. The minimum Gasteiger partial charge on any atom is -0.466 e. The number of imidazole rings is 2. The number of hydrogen-bond acceptors (Lipinski definition) is 6. The summed E-state index contributed by atoms with van der Waals surface area (Å²) in [6.45, 7) is 5.96. The Hall–Kier alpha value is -2.64. The minimum atomic E-state index is -0.216. The van der Waals surface area contributed by atoms with Crippen molar-refractivity contribution >= 4 is 11.9 Å². The minimum absolute atomic E-state index is 0.216. The summed E-state index contributed by atoms with van der Waals surface area (Å²) in [4.78, 5) is 32.4. The van der Waals surface area contributed by atoms with Gasteiger partial charge < -0.3 is 18.6 Å². The number of hydrogen-bond donors (Lipinski definition) is 0. The molecule has 0 aliphatic carbocycles. The first-order valence-electron chi connectivity index (χ1n) is 9.99. The highest BCUT2D eigenvalue weighted by atomic mass is 16.5. The number of aryl methyl sites for hydroxylation is 2. The third-order valence-electron chi connectivity index (χ3n) is 4.27. The normalized spacial score (nSPS) is 10.8. The first-order valence-corrected chi connectivity index (χ1v) is 9.99. The van der Waals surface area contributed by atoms with Crippen LogP contribution < -0.4 is 0 Å². The van der Waals surface area contributed by atoms with Crippen LogP contribution in [-0.4, -0.2) is 44.3 Å². The second-order valence-corrected chi connectivity index (χ2v) is 6.54. The number of aromatic nitrogens is 4. The molecule has 0 saturated heterocycles. The van der Waals surface area contributed by atoms with Crippen LogP contribution in [0.3, 0.4) is 0 Å². The van der Waals surface area contributed by atoms with Crippen molar-refractivity contribution in [2.45, 2.75) is 65.5 Å². The third kappa shape index (κ3) is 6.83. The predicted octanol–water partition coefficient (Wildman–Crippen LogP) is 3.21. The molecule has 2 heterocycles. The van der Waals surface area contributed by atoms with Crippen LogP contribution in [0, 0.1) is 0 Å². The smallest absolute Gasteiger partial charge is 0.307 e. The maximum atomic E-state index is 11.8. The van der Waals surface area contributed by atoms with Gasteiger partial charge in [0.2, 0.25) is 0 Å². The Morgan fingerprint density at radius 2 is 1.25 bits per heavy atom. The average molecular weight is 390 g/mol. The van der Waals surface area contributed by atoms with E-state index in [1.54, 1.807) is 12.4 Å². The van der Waals surface area contributed by atoms with Gasteiger partial charge in [-0.15, -0.1) is 0 Å². The average Bonchev–Trinajstić information content (AvgIpc) is 3.33. The highest BCUT2D eigenvalue weighted by Gasteiger charge is 2.14. The standard InChI is InChI=1S/C20H30N4O4/c1-3-5-15-27-17(25)7-11-23-13-9-21-19(23)20-22-10-14-24(20)12-8-18(26)28-16-6-4-2/h9-10,13-14H,3-8,11-12,15-16H2,1-2H3. The van der Waals surface area contributed by atoms with Crippen LogP contribution in [0.1, 0.15) is 52.4 Å². The molecule has 0 amide bonds. The Balaban J connectivity index is 1.91. The summed E-state index contributed by atoms with van der Waals surface area (Å²) in [5.41, 5.74) is 0. The van der Waals surface area contributed by atoms with Crippen LogP contribution in [0.15, 0.2) is 24.8 Å². The fourth-order valence-corrected chi connectivity index (χ4v) is 2.62. The van der Waals surface area contributed by atoms with Gasteiger partial charge in [0.05, 0.1) is 26.1 Å². The number of rotatable bonds is 13. The Morgan fingerprint density at radius 3 is 1.64 bits per heavy atom. The SMILES string of the molecule is CCCCOC(=O)CCn1ccnc1-c1nccn1CCC(=O)OCCCC. The van der Waals surface area contributed by atoms with Gasteiger partial charge in [0.25, 0.3) is 0 Å². The van der Waals surface area contributed by atoms with Gasteiger partial charge in [-0.25, -0.2) is 9.97 Å². The largest absolute Gasteiger partial charge is 0.466 e. The lowest BCUT2D eigenvalue weighted by atomic mass is 10.3. The molecule has 0 saturated carbocycles. The zero-order valence-corrected chi connectivity index (χ0v) is 16.8. The van der Waals surface area contributed by atoms with E-state index in [9.17, 15) is 9.59 Å². The van der Waals surface area contributed by atoms with E-state index in [1.807, 2.05) is 21.5 Å². The Labute approximate surface area is 165 Å². The summed E-state index contributed by atoms with van der Waals surface area (Å²) >= 11 is 0. The van der Waals surface area contributed by atoms with Crippen molar-refractivity contribution in [1.82, 2.24) is 19.1 Å². The van der Waals surface area contributed by atoms with E-state index in [2.05, 4.69) is 23.8 Å². The summed E-state index contributed by atoms with van der Waals surface area (Å²) in [6.07, 6.45) is 11.3. The first-order chi connectivity index (χ1) is 13.7. The molecule has 0 unspecified atom stereocenters. The lowest BCUT2D eigenvalue weighted by Crippen LogP contribution is -2.13. The summed E-state index contributed by atoms with van der Waals surface area (Å²) < 4.78 is 14.1. The molecule has 8 nitrogen and oxygen atoms in total. The fourth-order valence-electron chi connectivity index (χ4n) is 2.62. The quantitative estimate of drug-likeness (QED) is 0.385. The number of carbonyl (C=O) groups excluding carboxylic acids is 2. The van der Waals surface area contributed by atoms with Gasteiger partial charge >= 0.3 is 11.9 Å². The van der Waals surface area contributed by atoms with Crippen LogP contribution in [0.5, 0.6) is 0 Å². The van der Waals surface area contributed by atoms with Crippen molar-refractivity contribution in [3.05, 3.63) is 24.8 Å². The van der Waals surface area contributed by atoms with Crippen LogP contribution in [-0.2, 0) is 32.2 Å². The van der Waals surface area contributed by atoms with Gasteiger partial charge in [0, 0.05) is 37.9 Å². The van der Waals surface area contributed by atoms with Crippen molar-refractivity contribution in [1.29, 1.82) is 0 Å². The first kappa shape index (κ1) is 21.7. The number of nitrogens with zero attached hydrogens (tertiary/aromatic N) is 4. The molecule has 0 bridgehead atoms. The van der Waals surface area contributed by atoms with E-state index in [0.717, 1.165) is 25.7 Å². The maximum Gasteiger partial charge on any atom is 0.307 e. The molecule has 0 aliphatic rings. The van der Waals surface area contributed by atoms with E-state index in [1.165, 1.54) is 0 Å². The highest BCUT2D eigenvalue weighted by molar-refractivity contribution is 5.69. The maximum absolute atomic E-state index is 11.8. The number of unbranched alkanes of at least 4 members (excludes halogenated alkanes) is 2. The second kappa shape index (κ2) is 11.9. The molecule has 0 atom stereocenters. The molecule has 0 fully saturated rings. The fraction of sp³-hybridized carbons (Fsp3) is 0.600. The van der Waals surface area contributed by atoms with Crippen LogP contribution >= 0.6 is 0 Å².